The molecule has 1 heterocycles. The predicted molar refractivity (Wildman–Crippen MR) is 84.1 cm³/mol. The van der Waals surface area contributed by atoms with E-state index >= 15 is 0 Å². The average molecular weight is 281 g/mol. The molecule has 2 rings (SSSR count). The van der Waals surface area contributed by atoms with Gasteiger partial charge in [-0.1, -0.05) is 44.0 Å². The minimum absolute atomic E-state index is 0.827. The Labute approximate surface area is 122 Å². The van der Waals surface area contributed by atoms with E-state index in [2.05, 4.69) is 36.2 Å². The normalized spacial score (nSPS) is 19.1. The van der Waals surface area contributed by atoms with Crippen LogP contribution in [0.15, 0.2) is 18.2 Å². The first-order chi connectivity index (χ1) is 9.26. The van der Waals surface area contributed by atoms with Crippen LogP contribution in [0.2, 0.25) is 5.02 Å². The van der Waals surface area contributed by atoms with Crippen LogP contribution in [0, 0.1) is 5.92 Å². The molecule has 0 radical (unpaired) electrons. The molecule has 1 fully saturated rings. The minimum Gasteiger partial charge on any atom is -0.370 e. The second-order valence-corrected chi connectivity index (χ2v) is 5.84. The van der Waals surface area contributed by atoms with Gasteiger partial charge in [-0.2, -0.15) is 0 Å². The topological polar surface area (TPSA) is 15.3 Å². The van der Waals surface area contributed by atoms with Crippen LogP contribution in [0.4, 0.5) is 5.69 Å². The van der Waals surface area contributed by atoms with Crippen molar-refractivity contribution in [1.82, 2.24) is 5.32 Å². The lowest BCUT2D eigenvalue weighted by atomic mass is 10.1. The highest BCUT2D eigenvalue weighted by Crippen LogP contribution is 2.34. The van der Waals surface area contributed by atoms with Gasteiger partial charge in [-0.3, -0.25) is 0 Å². The Balaban J connectivity index is 2.13. The second-order valence-electron chi connectivity index (χ2n) is 5.43. The Morgan fingerprint density at radius 1 is 1.37 bits per heavy atom. The highest BCUT2D eigenvalue weighted by atomic mass is 35.5. The summed E-state index contributed by atoms with van der Waals surface area (Å²) in [5.41, 5.74) is 2.58. The van der Waals surface area contributed by atoms with Crippen molar-refractivity contribution >= 4 is 17.3 Å². The highest BCUT2D eigenvalue weighted by Gasteiger charge is 2.24. The van der Waals surface area contributed by atoms with Crippen LogP contribution in [-0.2, 0) is 6.54 Å². The summed E-state index contributed by atoms with van der Waals surface area (Å²) in [6.07, 6.45) is 3.73. The summed E-state index contributed by atoms with van der Waals surface area (Å²) >= 11 is 6.44. The standard InChI is InChI=1S/C16H25ClN2/c1-3-9-18-11-14-6-5-7-15(17)16(14)19-10-8-13(4-2)12-19/h5-7,13,18H,3-4,8-12H2,1-2H3. The number of nitrogens with zero attached hydrogens (tertiary/aromatic N) is 1. The fourth-order valence-electron chi connectivity index (χ4n) is 2.83. The van der Waals surface area contributed by atoms with E-state index < -0.39 is 0 Å². The molecule has 19 heavy (non-hydrogen) atoms. The van der Waals surface area contributed by atoms with E-state index in [9.17, 15) is 0 Å². The predicted octanol–water partition coefficient (Wildman–Crippen LogP) is 4.08. The summed E-state index contributed by atoms with van der Waals surface area (Å²) in [7, 11) is 0. The smallest absolute Gasteiger partial charge is 0.0642 e. The van der Waals surface area contributed by atoms with Gasteiger partial charge in [-0.05, 0) is 36.9 Å². The third-order valence-corrected chi connectivity index (χ3v) is 4.30. The van der Waals surface area contributed by atoms with Gasteiger partial charge in [0, 0.05) is 19.6 Å². The molecule has 1 N–H and O–H groups in total. The SMILES string of the molecule is CCCNCc1cccc(Cl)c1N1CCC(CC)C1. The number of rotatable bonds is 6. The summed E-state index contributed by atoms with van der Waals surface area (Å²) < 4.78 is 0. The lowest BCUT2D eigenvalue weighted by molar-refractivity contribution is 0.569. The Morgan fingerprint density at radius 2 is 2.21 bits per heavy atom. The number of anilines is 1. The zero-order valence-corrected chi connectivity index (χ0v) is 12.8. The molecule has 0 saturated carbocycles. The quantitative estimate of drug-likeness (QED) is 0.790. The molecule has 0 bridgehead atoms. The Morgan fingerprint density at radius 3 is 2.89 bits per heavy atom. The first kappa shape index (κ1) is 14.7. The van der Waals surface area contributed by atoms with Crippen molar-refractivity contribution in [2.24, 2.45) is 5.92 Å². The zero-order valence-electron chi connectivity index (χ0n) is 12.1. The molecule has 1 aromatic carbocycles. The Bertz CT molecular complexity index is 406. The van der Waals surface area contributed by atoms with Gasteiger partial charge in [0.25, 0.3) is 0 Å². The van der Waals surface area contributed by atoms with Crippen molar-refractivity contribution in [3.63, 3.8) is 0 Å². The molecule has 0 aromatic heterocycles. The van der Waals surface area contributed by atoms with Crippen LogP contribution < -0.4 is 10.2 Å². The molecule has 1 saturated heterocycles. The van der Waals surface area contributed by atoms with Gasteiger partial charge >= 0.3 is 0 Å². The molecule has 1 unspecified atom stereocenters. The molecule has 3 heteroatoms. The highest BCUT2D eigenvalue weighted by molar-refractivity contribution is 6.33. The number of halogens is 1. The molecule has 1 aromatic rings. The van der Waals surface area contributed by atoms with Gasteiger partial charge in [-0.15, -0.1) is 0 Å². The number of hydrogen-bond acceptors (Lipinski definition) is 2. The molecule has 0 amide bonds. The van der Waals surface area contributed by atoms with Crippen molar-refractivity contribution in [2.45, 2.75) is 39.7 Å². The van der Waals surface area contributed by atoms with E-state index in [1.807, 2.05) is 6.07 Å². The molecule has 0 aliphatic carbocycles. The van der Waals surface area contributed by atoms with Gasteiger partial charge in [-0.25, -0.2) is 0 Å². The van der Waals surface area contributed by atoms with Crippen LogP contribution in [0.3, 0.4) is 0 Å². The van der Waals surface area contributed by atoms with E-state index in [1.165, 1.54) is 24.1 Å². The summed E-state index contributed by atoms with van der Waals surface area (Å²) in [4.78, 5) is 2.47. The van der Waals surface area contributed by atoms with E-state index in [4.69, 9.17) is 11.6 Å². The minimum atomic E-state index is 0.827. The maximum Gasteiger partial charge on any atom is 0.0642 e. The number of hydrogen-bond donors (Lipinski definition) is 1. The molecule has 1 atom stereocenters. The molecule has 0 spiro atoms. The van der Waals surface area contributed by atoms with E-state index in [0.717, 1.165) is 43.5 Å². The van der Waals surface area contributed by atoms with Gasteiger partial charge in [0.1, 0.15) is 0 Å². The monoisotopic (exact) mass is 280 g/mol. The first-order valence-corrected chi connectivity index (χ1v) is 7.87. The molecule has 106 valence electrons. The lowest BCUT2D eigenvalue weighted by Crippen LogP contribution is -2.23. The average Bonchev–Trinajstić information content (AvgIpc) is 2.87. The van der Waals surface area contributed by atoms with Crippen LogP contribution in [0.1, 0.15) is 38.7 Å². The fourth-order valence-corrected chi connectivity index (χ4v) is 3.14. The van der Waals surface area contributed by atoms with Crippen molar-refractivity contribution in [2.75, 3.05) is 24.5 Å². The number of nitrogens with one attached hydrogen (secondary N) is 1. The van der Waals surface area contributed by atoms with Gasteiger partial charge in [0.05, 0.1) is 10.7 Å². The maximum atomic E-state index is 6.44. The molecule has 1 aliphatic rings. The summed E-state index contributed by atoms with van der Waals surface area (Å²) in [6, 6.07) is 6.27. The largest absolute Gasteiger partial charge is 0.370 e. The van der Waals surface area contributed by atoms with E-state index in [-0.39, 0.29) is 0 Å². The third kappa shape index (κ3) is 3.64. The van der Waals surface area contributed by atoms with Crippen LogP contribution in [0.5, 0.6) is 0 Å². The van der Waals surface area contributed by atoms with Gasteiger partial charge < -0.3 is 10.2 Å². The van der Waals surface area contributed by atoms with Crippen LogP contribution >= 0.6 is 11.6 Å². The van der Waals surface area contributed by atoms with E-state index in [0.29, 0.717) is 0 Å². The van der Waals surface area contributed by atoms with Gasteiger partial charge in [0.15, 0.2) is 0 Å². The Kier molecular flexibility index (Phi) is 5.53. The van der Waals surface area contributed by atoms with E-state index in [1.54, 1.807) is 0 Å². The molecular formula is C16H25ClN2. The maximum absolute atomic E-state index is 6.44. The second kappa shape index (κ2) is 7.16. The molecule has 2 nitrogen and oxygen atoms in total. The summed E-state index contributed by atoms with van der Waals surface area (Å²) in [6.45, 7) is 8.74. The van der Waals surface area contributed by atoms with Crippen molar-refractivity contribution < 1.29 is 0 Å². The third-order valence-electron chi connectivity index (χ3n) is 3.99. The number of para-hydroxylation sites is 1. The van der Waals surface area contributed by atoms with Crippen LogP contribution in [0.25, 0.3) is 0 Å². The van der Waals surface area contributed by atoms with Crippen molar-refractivity contribution in [3.05, 3.63) is 28.8 Å². The summed E-state index contributed by atoms with van der Waals surface area (Å²) in [5, 5.41) is 4.38. The van der Waals surface area contributed by atoms with Crippen molar-refractivity contribution in [1.29, 1.82) is 0 Å². The molecular weight excluding hydrogens is 256 g/mol. The summed E-state index contributed by atoms with van der Waals surface area (Å²) in [5.74, 6) is 0.827. The molecule has 1 aliphatic heterocycles. The fraction of sp³-hybridized carbons (Fsp3) is 0.625. The van der Waals surface area contributed by atoms with Crippen molar-refractivity contribution in [3.8, 4) is 0 Å². The zero-order chi connectivity index (χ0) is 13.7. The lowest BCUT2D eigenvalue weighted by Gasteiger charge is -2.23. The Hall–Kier alpha value is -0.730. The number of benzene rings is 1. The van der Waals surface area contributed by atoms with Gasteiger partial charge in [0.2, 0.25) is 0 Å². The van der Waals surface area contributed by atoms with Crippen LogP contribution in [-0.4, -0.2) is 19.6 Å². The first-order valence-electron chi connectivity index (χ1n) is 7.49.